The second-order valence-corrected chi connectivity index (χ2v) is 7.36. The molecule has 0 aliphatic carbocycles. The highest BCUT2D eigenvalue weighted by Crippen LogP contribution is 2.26. The van der Waals surface area contributed by atoms with E-state index in [-0.39, 0.29) is 10.8 Å². The lowest BCUT2D eigenvalue weighted by molar-refractivity contribution is 0.0952. The molecule has 0 aromatic heterocycles. The van der Waals surface area contributed by atoms with Crippen LogP contribution in [0.15, 0.2) is 47.4 Å². The molecule has 0 saturated carbocycles. The molecule has 0 fully saturated rings. The largest absolute Gasteiger partial charge is 0.495 e. The summed E-state index contributed by atoms with van der Waals surface area (Å²) in [6.45, 7) is 2.66. The molecule has 0 radical (unpaired) electrons. The lowest BCUT2D eigenvalue weighted by Crippen LogP contribution is -2.27. The fourth-order valence-corrected chi connectivity index (χ4v) is 3.44. The smallest absolute Gasteiger partial charge is 0.262 e. The van der Waals surface area contributed by atoms with Crippen LogP contribution in [0.1, 0.15) is 22.3 Å². The third-order valence-electron chi connectivity index (χ3n) is 3.78. The minimum absolute atomic E-state index is 0.00187. The third-order valence-corrected chi connectivity index (χ3v) is 5.14. The van der Waals surface area contributed by atoms with Gasteiger partial charge in [-0.05, 0) is 49.7 Å². The van der Waals surface area contributed by atoms with Crippen molar-refractivity contribution in [2.24, 2.45) is 5.73 Å². The van der Waals surface area contributed by atoms with Gasteiger partial charge in [0.25, 0.3) is 15.9 Å². The molecule has 0 unspecified atom stereocenters. The van der Waals surface area contributed by atoms with Gasteiger partial charge in [0.1, 0.15) is 5.75 Å². The summed E-state index contributed by atoms with van der Waals surface area (Å²) < 4.78 is 33.1. The fraction of sp³-hybridized carbons (Fsp3) is 0.278. The number of carbonyl (C=O) groups is 1. The van der Waals surface area contributed by atoms with Crippen LogP contribution in [-0.2, 0) is 10.0 Å². The molecule has 26 heavy (non-hydrogen) atoms. The van der Waals surface area contributed by atoms with Crippen LogP contribution in [0.25, 0.3) is 0 Å². The summed E-state index contributed by atoms with van der Waals surface area (Å²) >= 11 is 0. The Morgan fingerprint density at radius 1 is 1.19 bits per heavy atom. The van der Waals surface area contributed by atoms with E-state index >= 15 is 0 Å². The molecule has 0 heterocycles. The summed E-state index contributed by atoms with van der Waals surface area (Å²) in [7, 11) is -2.41. The number of methoxy groups -OCH3 is 1. The number of benzene rings is 2. The Hall–Kier alpha value is -2.58. The SMILES string of the molecule is COc1ccccc1NS(=O)(=O)c1ccc(C)c(C(=O)NCCCN)c1. The molecule has 0 aliphatic heterocycles. The van der Waals surface area contributed by atoms with Gasteiger partial charge in [0, 0.05) is 12.1 Å². The molecule has 0 aliphatic rings. The number of ether oxygens (including phenoxy) is 1. The van der Waals surface area contributed by atoms with E-state index in [1.54, 1.807) is 37.3 Å². The summed E-state index contributed by atoms with van der Waals surface area (Å²) in [5.74, 6) is 0.0771. The van der Waals surface area contributed by atoms with Gasteiger partial charge in [-0.2, -0.15) is 0 Å². The van der Waals surface area contributed by atoms with Crippen molar-refractivity contribution in [3.63, 3.8) is 0 Å². The summed E-state index contributed by atoms with van der Waals surface area (Å²) in [6, 6.07) is 11.1. The van der Waals surface area contributed by atoms with Crippen LogP contribution in [-0.4, -0.2) is 34.5 Å². The van der Waals surface area contributed by atoms with Gasteiger partial charge >= 0.3 is 0 Å². The number of rotatable bonds is 8. The molecule has 2 aromatic carbocycles. The zero-order valence-corrected chi connectivity index (χ0v) is 15.6. The Balaban J connectivity index is 2.29. The Labute approximate surface area is 153 Å². The van der Waals surface area contributed by atoms with E-state index in [4.69, 9.17) is 10.5 Å². The molecule has 0 bridgehead atoms. The Kier molecular flexibility index (Phi) is 6.59. The van der Waals surface area contributed by atoms with Crippen LogP contribution in [0.4, 0.5) is 5.69 Å². The molecule has 2 aromatic rings. The van der Waals surface area contributed by atoms with Gasteiger partial charge in [0.2, 0.25) is 0 Å². The molecule has 1 amide bonds. The molecule has 7 nitrogen and oxygen atoms in total. The zero-order valence-electron chi connectivity index (χ0n) is 14.8. The Morgan fingerprint density at radius 2 is 1.92 bits per heavy atom. The maximum atomic E-state index is 12.7. The highest BCUT2D eigenvalue weighted by atomic mass is 32.2. The van der Waals surface area contributed by atoms with Crippen LogP contribution in [0.3, 0.4) is 0 Å². The number of anilines is 1. The van der Waals surface area contributed by atoms with Gasteiger partial charge in [-0.3, -0.25) is 9.52 Å². The predicted octanol–water partition coefficient (Wildman–Crippen LogP) is 1.88. The number of hydrogen-bond donors (Lipinski definition) is 3. The van der Waals surface area contributed by atoms with Crippen LogP contribution in [0.5, 0.6) is 5.75 Å². The molecule has 2 rings (SSSR count). The quantitative estimate of drug-likeness (QED) is 0.609. The first-order chi connectivity index (χ1) is 12.4. The normalized spacial score (nSPS) is 11.0. The van der Waals surface area contributed by atoms with Crippen molar-refractivity contribution in [1.29, 1.82) is 0 Å². The summed E-state index contributed by atoms with van der Waals surface area (Å²) in [4.78, 5) is 12.3. The monoisotopic (exact) mass is 377 g/mol. The third kappa shape index (κ3) is 4.74. The van der Waals surface area contributed by atoms with Crippen molar-refractivity contribution in [2.75, 3.05) is 24.9 Å². The van der Waals surface area contributed by atoms with Crippen molar-refractivity contribution in [3.8, 4) is 5.75 Å². The summed E-state index contributed by atoms with van der Waals surface area (Å²) in [5.41, 5.74) is 6.73. The summed E-state index contributed by atoms with van der Waals surface area (Å²) in [6.07, 6.45) is 0.651. The molecule has 0 saturated heterocycles. The lowest BCUT2D eigenvalue weighted by atomic mass is 10.1. The average Bonchev–Trinajstić information content (AvgIpc) is 2.62. The average molecular weight is 377 g/mol. The standard InChI is InChI=1S/C18H23N3O4S/c1-13-8-9-14(12-15(13)18(22)20-11-5-10-19)26(23,24)21-16-6-3-4-7-17(16)25-2/h3-4,6-9,12,21H,5,10-11,19H2,1-2H3,(H,20,22). The molecular formula is C18H23N3O4S. The molecule has 4 N–H and O–H groups in total. The first-order valence-electron chi connectivity index (χ1n) is 8.14. The van der Waals surface area contributed by atoms with Gasteiger partial charge in [-0.25, -0.2) is 8.42 Å². The molecule has 0 atom stereocenters. The number of carbonyl (C=O) groups excluding carboxylic acids is 1. The molecule has 140 valence electrons. The fourth-order valence-electron chi connectivity index (χ4n) is 2.34. The number of para-hydroxylation sites is 2. The lowest BCUT2D eigenvalue weighted by Gasteiger charge is -2.13. The van der Waals surface area contributed by atoms with E-state index in [1.165, 1.54) is 19.2 Å². The number of aryl methyl sites for hydroxylation is 1. The van der Waals surface area contributed by atoms with Gasteiger partial charge in [-0.1, -0.05) is 18.2 Å². The topological polar surface area (TPSA) is 111 Å². The highest BCUT2D eigenvalue weighted by molar-refractivity contribution is 7.92. The molecular weight excluding hydrogens is 354 g/mol. The van der Waals surface area contributed by atoms with E-state index in [1.807, 2.05) is 0 Å². The maximum Gasteiger partial charge on any atom is 0.262 e. The van der Waals surface area contributed by atoms with Crippen LogP contribution in [0.2, 0.25) is 0 Å². The second-order valence-electron chi connectivity index (χ2n) is 5.68. The van der Waals surface area contributed by atoms with Crippen molar-refractivity contribution in [1.82, 2.24) is 5.32 Å². The number of nitrogens with two attached hydrogens (primary N) is 1. The highest BCUT2D eigenvalue weighted by Gasteiger charge is 2.19. The summed E-state index contributed by atoms with van der Waals surface area (Å²) in [5, 5.41) is 2.73. The maximum absolute atomic E-state index is 12.7. The van der Waals surface area contributed by atoms with Crippen LogP contribution < -0.4 is 20.5 Å². The van der Waals surface area contributed by atoms with Crippen LogP contribution in [0, 0.1) is 6.92 Å². The van der Waals surface area contributed by atoms with E-state index in [2.05, 4.69) is 10.0 Å². The van der Waals surface area contributed by atoms with Gasteiger partial charge < -0.3 is 15.8 Å². The van der Waals surface area contributed by atoms with Crippen molar-refractivity contribution in [3.05, 3.63) is 53.6 Å². The van der Waals surface area contributed by atoms with Crippen molar-refractivity contribution >= 4 is 21.6 Å². The number of sulfonamides is 1. The number of hydrogen-bond acceptors (Lipinski definition) is 5. The van der Waals surface area contributed by atoms with Crippen LogP contribution >= 0.6 is 0 Å². The minimum Gasteiger partial charge on any atom is -0.495 e. The van der Waals surface area contributed by atoms with E-state index in [9.17, 15) is 13.2 Å². The predicted molar refractivity (Wildman–Crippen MR) is 101 cm³/mol. The Morgan fingerprint density at radius 3 is 2.62 bits per heavy atom. The van der Waals surface area contributed by atoms with E-state index in [0.717, 1.165) is 0 Å². The first-order valence-corrected chi connectivity index (χ1v) is 9.62. The van der Waals surface area contributed by atoms with Gasteiger partial charge in [0.15, 0.2) is 0 Å². The van der Waals surface area contributed by atoms with Gasteiger partial charge in [-0.15, -0.1) is 0 Å². The minimum atomic E-state index is -3.87. The first kappa shape index (κ1) is 19.7. The number of amides is 1. The van der Waals surface area contributed by atoms with Crippen molar-refractivity contribution in [2.45, 2.75) is 18.2 Å². The van der Waals surface area contributed by atoms with E-state index < -0.39 is 10.0 Å². The second kappa shape index (κ2) is 8.68. The van der Waals surface area contributed by atoms with Crippen molar-refractivity contribution < 1.29 is 17.9 Å². The number of nitrogens with one attached hydrogen (secondary N) is 2. The van der Waals surface area contributed by atoms with E-state index in [0.29, 0.717) is 42.1 Å². The molecule has 0 spiro atoms. The zero-order chi connectivity index (χ0) is 19.2. The van der Waals surface area contributed by atoms with Gasteiger partial charge in [0.05, 0.1) is 17.7 Å². The Bertz CT molecular complexity index is 882. The molecule has 8 heteroatoms.